The fourth-order valence-electron chi connectivity index (χ4n) is 3.55. The molecule has 34 heavy (non-hydrogen) atoms. The Labute approximate surface area is 198 Å². The van der Waals surface area contributed by atoms with Gasteiger partial charge < -0.3 is 0 Å². The Balaban J connectivity index is 1.90. The van der Waals surface area contributed by atoms with Crippen molar-refractivity contribution in [1.82, 2.24) is 0 Å². The van der Waals surface area contributed by atoms with Gasteiger partial charge in [-0.15, -0.1) is 0 Å². The molecule has 0 amide bonds. The molecule has 0 radical (unpaired) electrons. The van der Waals surface area contributed by atoms with Crippen molar-refractivity contribution in [3.63, 3.8) is 0 Å². The number of halogens is 3. The molecule has 0 aliphatic heterocycles. The minimum Gasteiger partial charge on any atom is -0.200 e. The molecule has 0 saturated heterocycles. The van der Waals surface area contributed by atoms with Crippen molar-refractivity contribution in [3.8, 4) is 0 Å². The van der Waals surface area contributed by atoms with E-state index in [1.165, 1.54) is 0 Å². The Kier molecular flexibility index (Phi) is 6.84. The molecule has 4 aromatic carbocycles. The Hall–Kier alpha value is -3.07. The lowest BCUT2D eigenvalue weighted by Crippen LogP contribution is -2.27. The molecule has 0 fully saturated rings. The minimum absolute atomic E-state index is 0.338. The van der Waals surface area contributed by atoms with Gasteiger partial charge >= 0.3 is 15.6 Å². The van der Waals surface area contributed by atoms with E-state index in [9.17, 15) is 21.6 Å². The van der Waals surface area contributed by atoms with E-state index < -0.39 is 25.9 Å². The van der Waals surface area contributed by atoms with Crippen molar-refractivity contribution < 1.29 is 25.2 Å². The lowest BCUT2D eigenvalue weighted by Gasteiger charge is -2.39. The van der Waals surface area contributed by atoms with E-state index in [4.69, 9.17) is 3.63 Å². The van der Waals surface area contributed by atoms with Crippen LogP contribution in [0.5, 0.6) is 0 Å². The molecule has 3 nitrogen and oxygen atoms in total. The molecule has 4 aromatic rings. The average molecular weight is 503 g/mol. The summed E-state index contributed by atoms with van der Waals surface area (Å²) >= 11 is 0. The predicted octanol–water partition coefficient (Wildman–Crippen LogP) is 7.34. The van der Waals surface area contributed by atoms with E-state index in [1.54, 1.807) is 84.9 Å². The summed E-state index contributed by atoms with van der Waals surface area (Å²) in [5.74, 6) is 0. The largest absolute Gasteiger partial charge is 0.524 e. The van der Waals surface area contributed by atoms with Gasteiger partial charge in [-0.2, -0.15) is 25.2 Å². The first-order chi connectivity index (χ1) is 16.2. The van der Waals surface area contributed by atoms with Crippen molar-refractivity contribution in [3.05, 3.63) is 126 Å². The molecule has 0 spiro atoms. The van der Waals surface area contributed by atoms with Crippen LogP contribution in [0.2, 0.25) is 0 Å². The molecule has 0 unspecified atom stereocenters. The van der Waals surface area contributed by atoms with Gasteiger partial charge in [0.05, 0.1) is 0 Å². The monoisotopic (exact) mass is 502 g/mol. The molecule has 176 valence electrons. The molecule has 0 saturated carbocycles. The highest BCUT2D eigenvalue weighted by Crippen LogP contribution is 2.70. The quantitative estimate of drug-likeness (QED) is 0.248. The van der Waals surface area contributed by atoms with Crippen molar-refractivity contribution in [2.75, 3.05) is 0 Å². The Morgan fingerprint density at radius 1 is 0.559 bits per heavy atom. The molecule has 8 heteroatoms. The zero-order chi connectivity index (χ0) is 24.2. The second kappa shape index (κ2) is 9.66. The first-order valence-corrected chi connectivity index (χ1v) is 13.3. The van der Waals surface area contributed by atoms with Crippen LogP contribution in [0.1, 0.15) is 11.1 Å². The van der Waals surface area contributed by atoms with Crippen molar-refractivity contribution in [1.29, 1.82) is 0 Å². The van der Waals surface area contributed by atoms with E-state index in [-0.39, 0.29) is 0 Å². The first kappa shape index (κ1) is 24.1. The van der Waals surface area contributed by atoms with Crippen LogP contribution < -0.4 is 0 Å². The zero-order valence-electron chi connectivity index (χ0n) is 17.9. The van der Waals surface area contributed by atoms with Gasteiger partial charge in [-0.1, -0.05) is 78.9 Å². The Bertz CT molecular complexity index is 1290. The van der Waals surface area contributed by atoms with E-state index in [2.05, 4.69) is 0 Å². The summed E-state index contributed by atoms with van der Waals surface area (Å²) in [4.78, 5) is 1.02. The van der Waals surface area contributed by atoms with Crippen molar-refractivity contribution in [2.24, 2.45) is 0 Å². The standard InChI is InChI=1S/C26H21F3O3S2/c27-26(28,29)34(30,31)32-33(23-12-6-2-7-13-23,24-14-8-3-9-15-24)25-18-16-22(17-19-25)20-21-10-4-1-5-11-21/h1-19H,20H2. The number of hydrogen-bond donors (Lipinski definition) is 0. The van der Waals surface area contributed by atoms with Crippen LogP contribution in [0.3, 0.4) is 0 Å². The van der Waals surface area contributed by atoms with Gasteiger partial charge in [0.15, 0.2) is 0 Å². The summed E-state index contributed by atoms with van der Waals surface area (Å²) in [5, 5.41) is 0. The second-order valence-corrected chi connectivity index (χ2v) is 11.9. The molecule has 4 rings (SSSR count). The van der Waals surface area contributed by atoms with E-state index >= 15 is 0 Å². The lowest BCUT2D eigenvalue weighted by molar-refractivity contribution is -0.0496. The van der Waals surface area contributed by atoms with Gasteiger partial charge in [-0.05, 0) is 64.3 Å². The first-order valence-electron chi connectivity index (χ1n) is 10.3. The fourth-order valence-corrected chi connectivity index (χ4v) is 8.30. The highest BCUT2D eigenvalue weighted by atomic mass is 32.3. The molecule has 0 aliphatic carbocycles. The summed E-state index contributed by atoms with van der Waals surface area (Å²) in [6.07, 6.45) is 0.627. The third-order valence-corrected chi connectivity index (χ3v) is 10.0. The molecule has 0 N–H and O–H groups in total. The van der Waals surface area contributed by atoms with Gasteiger partial charge in [-0.25, -0.2) is 0 Å². The third kappa shape index (κ3) is 4.89. The summed E-state index contributed by atoms with van der Waals surface area (Å²) in [6, 6.07) is 33.0. The molecular formula is C26H21F3O3S2. The highest BCUT2D eigenvalue weighted by molar-refractivity contribution is 8.33. The van der Waals surface area contributed by atoms with Crippen LogP contribution in [0.15, 0.2) is 130 Å². The molecule has 0 heterocycles. The van der Waals surface area contributed by atoms with Crippen molar-refractivity contribution >= 4 is 20.4 Å². The van der Waals surface area contributed by atoms with Crippen LogP contribution in [0.4, 0.5) is 13.2 Å². The zero-order valence-corrected chi connectivity index (χ0v) is 19.5. The van der Waals surface area contributed by atoms with E-state index in [0.717, 1.165) is 11.1 Å². The summed E-state index contributed by atoms with van der Waals surface area (Å²) in [7, 11) is -9.19. The second-order valence-electron chi connectivity index (χ2n) is 7.46. The lowest BCUT2D eigenvalue weighted by atomic mass is 10.1. The van der Waals surface area contributed by atoms with Crippen LogP contribution >= 0.6 is 10.3 Å². The Morgan fingerprint density at radius 3 is 1.38 bits per heavy atom. The number of benzene rings is 4. The van der Waals surface area contributed by atoms with Gasteiger partial charge in [0.1, 0.15) is 0 Å². The predicted molar refractivity (Wildman–Crippen MR) is 127 cm³/mol. The van der Waals surface area contributed by atoms with Gasteiger partial charge in [0.2, 0.25) is 0 Å². The maximum atomic E-state index is 13.5. The topological polar surface area (TPSA) is 43.4 Å². The SMILES string of the molecule is O=S(=O)(OS(c1ccccc1)(c1ccccc1)c1ccc(Cc2ccccc2)cc1)C(F)(F)F. The van der Waals surface area contributed by atoms with Crippen LogP contribution in [-0.2, 0) is 20.2 Å². The third-order valence-electron chi connectivity index (χ3n) is 5.13. The van der Waals surface area contributed by atoms with Crippen molar-refractivity contribution in [2.45, 2.75) is 26.6 Å². The van der Waals surface area contributed by atoms with E-state index in [0.29, 0.717) is 21.1 Å². The summed E-state index contributed by atoms with van der Waals surface area (Å²) < 4.78 is 70.5. The minimum atomic E-state index is -5.92. The molecule has 0 aromatic heterocycles. The fraction of sp³-hybridized carbons (Fsp3) is 0.0769. The van der Waals surface area contributed by atoms with E-state index in [1.807, 2.05) is 30.3 Å². The molecular weight excluding hydrogens is 481 g/mol. The van der Waals surface area contributed by atoms with Gasteiger partial charge in [0.25, 0.3) is 0 Å². The van der Waals surface area contributed by atoms with Crippen LogP contribution in [0, 0.1) is 0 Å². The van der Waals surface area contributed by atoms with Crippen LogP contribution in [0.25, 0.3) is 0 Å². The number of rotatable bonds is 7. The molecule has 0 atom stereocenters. The smallest absolute Gasteiger partial charge is 0.200 e. The molecule has 0 bridgehead atoms. The Morgan fingerprint density at radius 2 is 0.941 bits per heavy atom. The number of hydrogen-bond acceptors (Lipinski definition) is 3. The number of alkyl halides is 3. The van der Waals surface area contributed by atoms with Gasteiger partial charge in [-0.3, -0.25) is 0 Å². The van der Waals surface area contributed by atoms with Gasteiger partial charge in [0, 0.05) is 14.7 Å². The maximum absolute atomic E-state index is 13.5. The highest BCUT2D eigenvalue weighted by Gasteiger charge is 2.52. The average Bonchev–Trinajstić information content (AvgIpc) is 2.84. The molecule has 0 aliphatic rings. The van der Waals surface area contributed by atoms with Crippen LogP contribution in [-0.4, -0.2) is 13.9 Å². The summed E-state index contributed by atoms with van der Waals surface area (Å²) in [5.41, 5.74) is -3.55. The summed E-state index contributed by atoms with van der Waals surface area (Å²) in [6.45, 7) is 0. The normalized spacial score (nSPS) is 12.9. The maximum Gasteiger partial charge on any atom is 0.524 e.